The van der Waals surface area contributed by atoms with E-state index < -0.39 is 4.92 Å². The number of aliphatic hydroxyl groups excluding tert-OH is 1. The molecule has 0 amide bonds. The second-order valence-electron chi connectivity index (χ2n) is 3.84. The van der Waals surface area contributed by atoms with Crippen LogP contribution in [-0.2, 0) is 11.3 Å². The lowest BCUT2D eigenvalue weighted by atomic mass is 10.1. The van der Waals surface area contributed by atoms with Crippen molar-refractivity contribution in [1.82, 2.24) is 0 Å². The van der Waals surface area contributed by atoms with Gasteiger partial charge in [0, 0.05) is 19.2 Å². The van der Waals surface area contributed by atoms with E-state index in [2.05, 4.69) is 0 Å². The fraction of sp³-hybridized carbons (Fsp3) is 0.455. The second-order valence-corrected chi connectivity index (χ2v) is 3.84. The van der Waals surface area contributed by atoms with Gasteiger partial charge in [0.1, 0.15) is 5.69 Å². The molecular weight excluding hydrogens is 260 g/mol. The molecule has 0 radical (unpaired) electrons. The first-order chi connectivity index (χ1) is 8.22. The van der Waals surface area contributed by atoms with Crippen molar-refractivity contribution in [3.63, 3.8) is 0 Å². The molecule has 0 aromatic heterocycles. The summed E-state index contributed by atoms with van der Waals surface area (Å²) in [5, 5.41) is 20.0. The molecule has 0 unspecified atom stereocenters. The SMILES string of the molecule is Cl.O=[N+]([O-])c1cc(CO)ccc1N1CCOCC1. The van der Waals surface area contributed by atoms with Crippen molar-refractivity contribution in [2.24, 2.45) is 0 Å². The van der Waals surface area contributed by atoms with Gasteiger partial charge in [0.2, 0.25) is 0 Å². The average molecular weight is 275 g/mol. The van der Waals surface area contributed by atoms with Crippen LogP contribution >= 0.6 is 12.4 Å². The summed E-state index contributed by atoms with van der Waals surface area (Å²) in [5.74, 6) is 0. The van der Waals surface area contributed by atoms with Crippen LogP contribution in [0.3, 0.4) is 0 Å². The molecule has 2 rings (SSSR count). The van der Waals surface area contributed by atoms with E-state index in [9.17, 15) is 10.1 Å². The van der Waals surface area contributed by atoms with E-state index in [1.54, 1.807) is 12.1 Å². The van der Waals surface area contributed by atoms with Gasteiger partial charge < -0.3 is 14.7 Å². The predicted molar refractivity (Wildman–Crippen MR) is 69.3 cm³/mol. The fourth-order valence-corrected chi connectivity index (χ4v) is 1.89. The van der Waals surface area contributed by atoms with Crippen LogP contribution in [0.5, 0.6) is 0 Å². The molecule has 7 heteroatoms. The largest absolute Gasteiger partial charge is 0.392 e. The molecule has 1 aliphatic heterocycles. The van der Waals surface area contributed by atoms with Crippen LogP contribution in [0, 0.1) is 10.1 Å². The van der Waals surface area contributed by atoms with Crippen LogP contribution in [0.4, 0.5) is 11.4 Å². The summed E-state index contributed by atoms with van der Waals surface area (Å²) in [6.45, 7) is 2.28. The molecule has 1 saturated heterocycles. The fourth-order valence-electron chi connectivity index (χ4n) is 1.89. The summed E-state index contributed by atoms with van der Waals surface area (Å²) in [4.78, 5) is 12.5. The lowest BCUT2D eigenvalue weighted by Gasteiger charge is -2.28. The Kier molecular flexibility index (Phi) is 5.33. The average Bonchev–Trinajstić information content (AvgIpc) is 2.39. The number of nitrogens with zero attached hydrogens (tertiary/aromatic N) is 2. The van der Waals surface area contributed by atoms with E-state index >= 15 is 0 Å². The van der Waals surface area contributed by atoms with Gasteiger partial charge in [-0.05, 0) is 11.6 Å². The van der Waals surface area contributed by atoms with Gasteiger partial charge in [-0.1, -0.05) is 6.07 Å². The number of hydrogen-bond donors (Lipinski definition) is 1. The molecule has 6 nitrogen and oxygen atoms in total. The summed E-state index contributed by atoms with van der Waals surface area (Å²) < 4.78 is 5.21. The Balaban J connectivity index is 0.00000162. The Morgan fingerprint density at radius 2 is 2.06 bits per heavy atom. The van der Waals surface area contributed by atoms with E-state index in [-0.39, 0.29) is 24.7 Å². The molecule has 0 atom stereocenters. The lowest BCUT2D eigenvalue weighted by Crippen LogP contribution is -2.36. The summed E-state index contributed by atoms with van der Waals surface area (Å²) >= 11 is 0. The Bertz CT molecular complexity index is 422. The van der Waals surface area contributed by atoms with Crippen LogP contribution in [0.2, 0.25) is 0 Å². The van der Waals surface area contributed by atoms with Gasteiger partial charge >= 0.3 is 0 Å². The van der Waals surface area contributed by atoms with E-state index in [4.69, 9.17) is 9.84 Å². The van der Waals surface area contributed by atoms with Gasteiger partial charge in [0.05, 0.1) is 24.7 Å². The number of halogens is 1. The van der Waals surface area contributed by atoms with Crippen molar-refractivity contribution in [1.29, 1.82) is 0 Å². The normalized spacial score (nSPS) is 15.1. The van der Waals surface area contributed by atoms with E-state index in [0.29, 0.717) is 37.6 Å². The maximum absolute atomic E-state index is 11.0. The maximum Gasteiger partial charge on any atom is 0.292 e. The first kappa shape index (κ1) is 14.7. The van der Waals surface area contributed by atoms with Crippen molar-refractivity contribution in [2.45, 2.75) is 6.61 Å². The molecule has 100 valence electrons. The standard InChI is InChI=1S/C11H14N2O4.ClH/c14-8-9-1-2-10(11(7-9)13(15)16)12-3-5-17-6-4-12;/h1-2,7,14H,3-6,8H2;1H. The van der Waals surface area contributed by atoms with Gasteiger partial charge in [0.25, 0.3) is 5.69 Å². The van der Waals surface area contributed by atoms with Gasteiger partial charge in [-0.15, -0.1) is 12.4 Å². The van der Waals surface area contributed by atoms with Crippen LogP contribution in [-0.4, -0.2) is 36.3 Å². The number of ether oxygens (including phenoxy) is 1. The molecule has 1 aromatic rings. The van der Waals surface area contributed by atoms with Gasteiger partial charge in [-0.25, -0.2) is 0 Å². The molecule has 1 aliphatic rings. The Morgan fingerprint density at radius 1 is 1.39 bits per heavy atom. The molecule has 0 bridgehead atoms. The van der Waals surface area contributed by atoms with Crippen LogP contribution in [0.25, 0.3) is 0 Å². The molecule has 1 N–H and O–H groups in total. The zero-order chi connectivity index (χ0) is 12.3. The topological polar surface area (TPSA) is 75.8 Å². The maximum atomic E-state index is 11.0. The number of rotatable bonds is 3. The lowest BCUT2D eigenvalue weighted by molar-refractivity contribution is -0.384. The summed E-state index contributed by atoms with van der Waals surface area (Å²) in [7, 11) is 0. The number of aliphatic hydroxyl groups is 1. The number of morpholine rings is 1. The highest BCUT2D eigenvalue weighted by Crippen LogP contribution is 2.29. The number of benzene rings is 1. The highest BCUT2D eigenvalue weighted by atomic mass is 35.5. The zero-order valence-electron chi connectivity index (χ0n) is 9.74. The minimum absolute atomic E-state index is 0. The Labute approximate surface area is 111 Å². The van der Waals surface area contributed by atoms with E-state index in [0.717, 1.165) is 0 Å². The zero-order valence-corrected chi connectivity index (χ0v) is 10.6. The van der Waals surface area contributed by atoms with E-state index in [1.807, 2.05) is 4.90 Å². The molecule has 1 aromatic carbocycles. The summed E-state index contributed by atoms with van der Waals surface area (Å²) in [6.07, 6.45) is 0. The Morgan fingerprint density at radius 3 is 2.61 bits per heavy atom. The molecule has 1 heterocycles. The minimum atomic E-state index is -0.413. The molecule has 0 aliphatic carbocycles. The summed E-state index contributed by atoms with van der Waals surface area (Å²) in [6, 6.07) is 4.82. The predicted octanol–water partition coefficient (Wildman–Crippen LogP) is 1.35. The molecule has 1 fully saturated rings. The number of nitro benzene ring substituents is 1. The highest BCUT2D eigenvalue weighted by molar-refractivity contribution is 5.85. The number of anilines is 1. The van der Waals surface area contributed by atoms with Gasteiger partial charge in [-0.2, -0.15) is 0 Å². The first-order valence-corrected chi connectivity index (χ1v) is 5.43. The van der Waals surface area contributed by atoms with Crippen LogP contribution < -0.4 is 4.90 Å². The minimum Gasteiger partial charge on any atom is -0.392 e. The smallest absolute Gasteiger partial charge is 0.292 e. The van der Waals surface area contributed by atoms with Gasteiger partial charge in [-0.3, -0.25) is 10.1 Å². The van der Waals surface area contributed by atoms with Crippen LogP contribution in [0.1, 0.15) is 5.56 Å². The Hall–Kier alpha value is -1.37. The van der Waals surface area contributed by atoms with Crippen molar-refractivity contribution in [3.8, 4) is 0 Å². The quantitative estimate of drug-likeness (QED) is 0.665. The third kappa shape index (κ3) is 3.10. The van der Waals surface area contributed by atoms with Crippen LogP contribution in [0.15, 0.2) is 18.2 Å². The highest BCUT2D eigenvalue weighted by Gasteiger charge is 2.21. The van der Waals surface area contributed by atoms with Crippen molar-refractivity contribution in [3.05, 3.63) is 33.9 Å². The third-order valence-corrected chi connectivity index (χ3v) is 2.77. The van der Waals surface area contributed by atoms with E-state index in [1.165, 1.54) is 6.07 Å². The van der Waals surface area contributed by atoms with Crippen molar-refractivity contribution < 1.29 is 14.8 Å². The molecular formula is C11H15ClN2O4. The first-order valence-electron chi connectivity index (χ1n) is 5.43. The third-order valence-electron chi connectivity index (χ3n) is 2.77. The number of hydrogen-bond acceptors (Lipinski definition) is 5. The molecule has 0 spiro atoms. The van der Waals surface area contributed by atoms with Crippen molar-refractivity contribution >= 4 is 23.8 Å². The molecule has 0 saturated carbocycles. The van der Waals surface area contributed by atoms with Gasteiger partial charge in [0.15, 0.2) is 0 Å². The molecule has 18 heavy (non-hydrogen) atoms. The second kappa shape index (κ2) is 6.53. The van der Waals surface area contributed by atoms with Crippen molar-refractivity contribution in [2.75, 3.05) is 31.2 Å². The monoisotopic (exact) mass is 274 g/mol. The summed E-state index contributed by atoms with van der Waals surface area (Å²) in [5.41, 5.74) is 1.18. The number of nitro groups is 1.